The molecule has 6 nitrogen and oxygen atoms in total. The smallest absolute Gasteiger partial charge is 0.194 e. The number of aliphatic hydroxyl groups is 1. The van der Waals surface area contributed by atoms with Gasteiger partial charge in [-0.2, -0.15) is 0 Å². The quantitative estimate of drug-likeness (QED) is 0.343. The number of piperazine rings is 1. The highest BCUT2D eigenvalue weighted by Gasteiger charge is 2.20. The van der Waals surface area contributed by atoms with Gasteiger partial charge in [-0.05, 0) is 48.9 Å². The molecule has 1 aliphatic rings. The van der Waals surface area contributed by atoms with Crippen LogP contribution in [0.2, 0.25) is 0 Å². The Bertz CT molecular complexity index is 824. The zero-order chi connectivity index (χ0) is 20.6. The van der Waals surface area contributed by atoms with Gasteiger partial charge >= 0.3 is 0 Å². The van der Waals surface area contributed by atoms with E-state index < -0.39 is 0 Å². The number of benzene rings is 2. The largest absolute Gasteiger partial charge is 0.497 e. The molecule has 0 aromatic heterocycles. The minimum Gasteiger partial charge on any atom is -0.497 e. The molecule has 0 saturated carbocycles. The summed E-state index contributed by atoms with van der Waals surface area (Å²) in [5.41, 5.74) is 2.37. The lowest BCUT2D eigenvalue weighted by molar-refractivity contribution is 0.275. The van der Waals surface area contributed by atoms with E-state index >= 15 is 0 Å². The first-order valence-electron chi connectivity index (χ1n) is 9.95. The van der Waals surface area contributed by atoms with Crippen molar-refractivity contribution in [2.75, 3.05) is 44.7 Å². The zero-order valence-corrected chi connectivity index (χ0v) is 19.8. The Labute approximate surface area is 194 Å². The molecule has 3 rings (SSSR count). The van der Waals surface area contributed by atoms with E-state index in [0.717, 1.165) is 50.0 Å². The maximum absolute atomic E-state index is 13.6. The minimum atomic E-state index is -0.387. The molecule has 8 heteroatoms. The molecule has 2 N–H and O–H groups in total. The van der Waals surface area contributed by atoms with Gasteiger partial charge in [0.1, 0.15) is 11.6 Å². The summed E-state index contributed by atoms with van der Waals surface area (Å²) in [6.45, 7) is 6.50. The number of guanidine groups is 1. The summed E-state index contributed by atoms with van der Waals surface area (Å²) in [4.78, 5) is 9.33. The number of anilines is 1. The number of nitrogens with zero attached hydrogens (tertiary/aromatic N) is 3. The van der Waals surface area contributed by atoms with Crippen molar-refractivity contribution < 1.29 is 14.2 Å². The molecule has 0 spiro atoms. The second-order valence-electron chi connectivity index (χ2n) is 6.93. The summed E-state index contributed by atoms with van der Waals surface area (Å²) in [5, 5.41) is 12.6. The summed E-state index contributed by atoms with van der Waals surface area (Å²) >= 11 is 0. The van der Waals surface area contributed by atoms with Crippen molar-refractivity contribution in [2.45, 2.75) is 20.1 Å². The molecule has 164 valence electrons. The van der Waals surface area contributed by atoms with E-state index in [9.17, 15) is 9.50 Å². The van der Waals surface area contributed by atoms with Gasteiger partial charge in [-0.1, -0.05) is 6.07 Å². The van der Waals surface area contributed by atoms with E-state index in [-0.39, 0.29) is 36.4 Å². The van der Waals surface area contributed by atoms with Crippen LogP contribution in [0.5, 0.6) is 5.75 Å². The number of halogens is 2. The standard InChI is InChI=1S/C22H29FN4O2.HI/c1-3-24-22(25-15-17-4-9-21(23)18(14-17)16-28)27-12-10-26(11-13-27)19-5-7-20(29-2)8-6-19;/h4-9,14,28H,3,10-13,15-16H2,1-2H3,(H,24,25);1H. The van der Waals surface area contributed by atoms with Crippen LogP contribution in [0.15, 0.2) is 47.5 Å². The van der Waals surface area contributed by atoms with Gasteiger partial charge in [0.2, 0.25) is 0 Å². The minimum absolute atomic E-state index is 0. The van der Waals surface area contributed by atoms with E-state index in [2.05, 4.69) is 27.2 Å². The third-order valence-corrected chi connectivity index (χ3v) is 5.04. The van der Waals surface area contributed by atoms with Crippen LogP contribution in [0.3, 0.4) is 0 Å². The lowest BCUT2D eigenvalue weighted by atomic mass is 10.1. The van der Waals surface area contributed by atoms with Crippen molar-refractivity contribution in [3.63, 3.8) is 0 Å². The van der Waals surface area contributed by atoms with Crippen molar-refractivity contribution in [2.24, 2.45) is 4.99 Å². The summed E-state index contributed by atoms with van der Waals surface area (Å²) < 4.78 is 18.8. The molecule has 0 atom stereocenters. The van der Waals surface area contributed by atoms with Gasteiger partial charge in [0.25, 0.3) is 0 Å². The van der Waals surface area contributed by atoms with Crippen molar-refractivity contribution in [3.8, 4) is 5.75 Å². The number of hydrogen-bond acceptors (Lipinski definition) is 4. The van der Waals surface area contributed by atoms with Gasteiger partial charge in [0.15, 0.2) is 5.96 Å². The Kier molecular flexibility index (Phi) is 9.64. The fourth-order valence-electron chi connectivity index (χ4n) is 3.41. The molecule has 0 amide bonds. The van der Waals surface area contributed by atoms with E-state index in [1.165, 1.54) is 11.8 Å². The van der Waals surface area contributed by atoms with Crippen molar-refractivity contribution in [1.82, 2.24) is 10.2 Å². The van der Waals surface area contributed by atoms with E-state index in [1.807, 2.05) is 19.1 Å². The number of hydrogen-bond donors (Lipinski definition) is 2. The lowest BCUT2D eigenvalue weighted by Crippen LogP contribution is -2.52. The average molecular weight is 528 g/mol. The predicted molar refractivity (Wildman–Crippen MR) is 129 cm³/mol. The Balaban J connectivity index is 0.00000320. The van der Waals surface area contributed by atoms with E-state index in [4.69, 9.17) is 9.73 Å². The zero-order valence-electron chi connectivity index (χ0n) is 17.5. The van der Waals surface area contributed by atoms with E-state index in [0.29, 0.717) is 12.1 Å². The Morgan fingerprint density at radius 2 is 1.83 bits per heavy atom. The summed E-state index contributed by atoms with van der Waals surface area (Å²) in [7, 11) is 1.67. The molecule has 1 heterocycles. The van der Waals surface area contributed by atoms with Crippen molar-refractivity contribution >= 4 is 35.6 Å². The molecular weight excluding hydrogens is 498 g/mol. The highest BCUT2D eigenvalue weighted by molar-refractivity contribution is 14.0. The third kappa shape index (κ3) is 6.21. The Morgan fingerprint density at radius 3 is 2.43 bits per heavy atom. The second-order valence-corrected chi connectivity index (χ2v) is 6.93. The number of rotatable bonds is 6. The molecule has 2 aromatic carbocycles. The van der Waals surface area contributed by atoms with Crippen LogP contribution in [0.1, 0.15) is 18.1 Å². The molecule has 1 fully saturated rings. The first kappa shape index (κ1) is 24.2. The van der Waals surface area contributed by atoms with Gasteiger partial charge in [-0.3, -0.25) is 0 Å². The number of aliphatic imine (C=N–C) groups is 1. The number of methoxy groups -OCH3 is 1. The van der Waals surface area contributed by atoms with Crippen LogP contribution in [0, 0.1) is 5.82 Å². The maximum atomic E-state index is 13.6. The molecule has 2 aromatic rings. The topological polar surface area (TPSA) is 60.3 Å². The van der Waals surface area contributed by atoms with Crippen LogP contribution < -0.4 is 15.0 Å². The van der Waals surface area contributed by atoms with Gasteiger partial charge in [-0.15, -0.1) is 24.0 Å². The van der Waals surface area contributed by atoms with Crippen LogP contribution in [-0.2, 0) is 13.2 Å². The van der Waals surface area contributed by atoms with E-state index in [1.54, 1.807) is 19.2 Å². The molecule has 0 aliphatic carbocycles. The van der Waals surface area contributed by atoms with Crippen LogP contribution in [-0.4, -0.2) is 55.8 Å². The monoisotopic (exact) mass is 528 g/mol. The molecular formula is C22H30FIN4O2. The molecule has 30 heavy (non-hydrogen) atoms. The Hall–Kier alpha value is -2.07. The summed E-state index contributed by atoms with van der Waals surface area (Å²) in [6, 6.07) is 12.9. The van der Waals surface area contributed by atoms with Gasteiger partial charge in [0.05, 0.1) is 20.3 Å². The summed E-state index contributed by atoms with van der Waals surface area (Å²) in [6.07, 6.45) is 0. The number of nitrogens with one attached hydrogen (secondary N) is 1. The molecule has 1 aliphatic heterocycles. The Morgan fingerprint density at radius 1 is 1.13 bits per heavy atom. The fraction of sp³-hybridized carbons (Fsp3) is 0.409. The first-order chi connectivity index (χ1) is 14.1. The van der Waals surface area contributed by atoms with Gasteiger partial charge < -0.3 is 25.0 Å². The SMILES string of the molecule is CCNC(=NCc1ccc(F)c(CO)c1)N1CCN(c2ccc(OC)cc2)CC1.I. The second kappa shape index (κ2) is 11.9. The number of aliphatic hydroxyl groups excluding tert-OH is 1. The first-order valence-corrected chi connectivity index (χ1v) is 9.95. The number of ether oxygens (including phenoxy) is 1. The van der Waals surface area contributed by atoms with Crippen LogP contribution in [0.4, 0.5) is 10.1 Å². The van der Waals surface area contributed by atoms with Crippen LogP contribution in [0.25, 0.3) is 0 Å². The molecule has 0 radical (unpaired) electrons. The van der Waals surface area contributed by atoms with Crippen molar-refractivity contribution in [1.29, 1.82) is 0 Å². The average Bonchev–Trinajstić information content (AvgIpc) is 2.77. The highest BCUT2D eigenvalue weighted by atomic mass is 127. The predicted octanol–water partition coefficient (Wildman–Crippen LogP) is 3.23. The highest BCUT2D eigenvalue weighted by Crippen LogP contribution is 2.20. The van der Waals surface area contributed by atoms with Crippen LogP contribution >= 0.6 is 24.0 Å². The molecule has 1 saturated heterocycles. The maximum Gasteiger partial charge on any atom is 0.194 e. The normalized spacial score (nSPS) is 14.3. The molecule has 0 unspecified atom stereocenters. The molecule has 0 bridgehead atoms. The third-order valence-electron chi connectivity index (χ3n) is 5.04. The van der Waals surface area contributed by atoms with Gasteiger partial charge in [0, 0.05) is 44.0 Å². The lowest BCUT2D eigenvalue weighted by Gasteiger charge is -2.37. The fourth-order valence-corrected chi connectivity index (χ4v) is 3.41. The summed E-state index contributed by atoms with van der Waals surface area (Å²) in [5.74, 6) is 1.33. The van der Waals surface area contributed by atoms with Gasteiger partial charge in [-0.25, -0.2) is 9.38 Å². The van der Waals surface area contributed by atoms with Crippen molar-refractivity contribution in [3.05, 3.63) is 59.4 Å².